The van der Waals surface area contributed by atoms with E-state index < -0.39 is 16.7 Å². The van der Waals surface area contributed by atoms with Gasteiger partial charge in [0, 0.05) is 0 Å². The standard InChI is InChI=1S/C4H13ClOSi2/c1-7(2)6-8(3,4)5/h7H,1-4H3. The number of halogens is 1. The first kappa shape index (κ1) is 8.68. The maximum absolute atomic E-state index is 5.88. The molecule has 1 nitrogen and oxygen atoms in total. The average Bonchev–Trinajstić information content (AvgIpc) is 1.21. The number of rotatable bonds is 2. The van der Waals surface area contributed by atoms with Gasteiger partial charge in [-0.2, -0.15) is 0 Å². The first-order valence-corrected chi connectivity index (χ1v) is 9.48. The van der Waals surface area contributed by atoms with Crippen LogP contribution in [-0.2, 0) is 4.12 Å². The fourth-order valence-corrected chi connectivity index (χ4v) is 6.65. The van der Waals surface area contributed by atoms with Crippen molar-refractivity contribution in [2.45, 2.75) is 26.2 Å². The summed E-state index contributed by atoms with van der Waals surface area (Å²) in [4.78, 5) is 0. The van der Waals surface area contributed by atoms with Crippen molar-refractivity contribution in [3.05, 3.63) is 0 Å². The highest BCUT2D eigenvalue weighted by atomic mass is 35.6. The molecular formula is C4H13ClOSi2. The third-order valence-corrected chi connectivity index (χ3v) is 5.45. The van der Waals surface area contributed by atoms with E-state index in [9.17, 15) is 0 Å². The average molecular weight is 169 g/mol. The van der Waals surface area contributed by atoms with Crippen molar-refractivity contribution in [1.29, 1.82) is 0 Å². The van der Waals surface area contributed by atoms with Gasteiger partial charge in [0.25, 0.3) is 7.63 Å². The maximum Gasteiger partial charge on any atom is 0.273 e. The molecule has 0 bridgehead atoms. The molecule has 0 spiro atoms. The topological polar surface area (TPSA) is 9.23 Å². The fourth-order valence-electron chi connectivity index (χ4n) is 0.560. The van der Waals surface area contributed by atoms with Gasteiger partial charge in [-0.25, -0.2) is 0 Å². The molecule has 0 saturated carbocycles. The summed E-state index contributed by atoms with van der Waals surface area (Å²) in [5, 5.41) is 0. The fraction of sp³-hybridized carbons (Fsp3) is 1.00. The Morgan fingerprint density at radius 3 is 1.75 bits per heavy atom. The zero-order valence-corrected chi connectivity index (χ0v) is 8.77. The predicted octanol–water partition coefficient (Wildman–Crippen LogP) is 1.93. The molecule has 0 aromatic heterocycles. The lowest BCUT2D eigenvalue weighted by Crippen LogP contribution is -2.28. The summed E-state index contributed by atoms with van der Waals surface area (Å²) in [5.41, 5.74) is 0. The van der Waals surface area contributed by atoms with Crippen LogP contribution in [0.1, 0.15) is 0 Å². The molecule has 0 aromatic rings. The van der Waals surface area contributed by atoms with E-state index in [1.165, 1.54) is 0 Å². The highest BCUT2D eigenvalue weighted by molar-refractivity contribution is 7.16. The van der Waals surface area contributed by atoms with Crippen molar-refractivity contribution in [2.75, 3.05) is 0 Å². The van der Waals surface area contributed by atoms with Crippen LogP contribution < -0.4 is 0 Å². The Hall–Kier alpha value is 0.684. The first-order chi connectivity index (χ1) is 3.42. The monoisotopic (exact) mass is 168 g/mol. The minimum Gasteiger partial charge on any atom is -0.448 e. The van der Waals surface area contributed by atoms with Crippen LogP contribution in [0.3, 0.4) is 0 Å². The zero-order valence-electron chi connectivity index (χ0n) is 5.86. The van der Waals surface area contributed by atoms with Crippen molar-refractivity contribution >= 4 is 27.7 Å². The SMILES string of the molecule is C[SiH](C)O[Si](C)(C)Cl. The summed E-state index contributed by atoms with van der Waals surface area (Å²) in [6.45, 7) is 8.28. The zero-order chi connectivity index (χ0) is 6.78. The Labute approximate surface area is 58.6 Å². The van der Waals surface area contributed by atoms with Gasteiger partial charge in [0.2, 0.25) is 0 Å². The van der Waals surface area contributed by atoms with Gasteiger partial charge < -0.3 is 4.12 Å². The molecule has 0 unspecified atom stereocenters. The van der Waals surface area contributed by atoms with E-state index in [4.69, 9.17) is 15.2 Å². The molecule has 0 rings (SSSR count). The lowest BCUT2D eigenvalue weighted by Gasteiger charge is -2.16. The summed E-state index contributed by atoms with van der Waals surface area (Å²) in [5.74, 6) is 0. The Balaban J connectivity index is 3.39. The molecule has 0 aliphatic carbocycles. The van der Waals surface area contributed by atoms with Crippen LogP contribution in [0.2, 0.25) is 26.2 Å². The lowest BCUT2D eigenvalue weighted by atomic mass is 11.9. The van der Waals surface area contributed by atoms with Gasteiger partial charge in [0.1, 0.15) is 0 Å². The molecule has 0 aliphatic rings. The van der Waals surface area contributed by atoms with Gasteiger partial charge in [-0.3, -0.25) is 0 Å². The van der Waals surface area contributed by atoms with Crippen LogP contribution in [-0.4, -0.2) is 16.7 Å². The highest BCUT2D eigenvalue weighted by Gasteiger charge is 2.19. The van der Waals surface area contributed by atoms with Gasteiger partial charge in [-0.05, 0) is 26.2 Å². The molecule has 8 heavy (non-hydrogen) atoms. The molecule has 50 valence electrons. The maximum atomic E-state index is 5.88. The third-order valence-electron chi connectivity index (χ3n) is 0.516. The summed E-state index contributed by atoms with van der Waals surface area (Å²) in [7, 11) is -2.55. The molecule has 0 amide bonds. The van der Waals surface area contributed by atoms with Crippen LogP contribution in [0.5, 0.6) is 0 Å². The summed E-state index contributed by atoms with van der Waals surface area (Å²) >= 11 is 5.88. The van der Waals surface area contributed by atoms with Gasteiger partial charge >= 0.3 is 0 Å². The number of hydrogen-bond donors (Lipinski definition) is 0. The van der Waals surface area contributed by atoms with Crippen LogP contribution >= 0.6 is 11.1 Å². The Morgan fingerprint density at radius 2 is 1.75 bits per heavy atom. The molecule has 0 aromatic carbocycles. The summed E-state index contributed by atoms with van der Waals surface area (Å²) < 4.78 is 5.48. The Morgan fingerprint density at radius 1 is 1.38 bits per heavy atom. The molecule has 0 saturated heterocycles. The van der Waals surface area contributed by atoms with Crippen molar-refractivity contribution < 1.29 is 4.12 Å². The van der Waals surface area contributed by atoms with E-state index in [0.717, 1.165) is 0 Å². The first-order valence-electron chi connectivity index (χ1n) is 2.78. The normalized spacial score (nSPS) is 12.8. The van der Waals surface area contributed by atoms with Crippen LogP contribution in [0.15, 0.2) is 0 Å². The minimum absolute atomic E-state index is 0.866. The predicted molar refractivity (Wildman–Crippen MR) is 43.3 cm³/mol. The van der Waals surface area contributed by atoms with Gasteiger partial charge in [0.05, 0.1) is 0 Å². The Bertz CT molecular complexity index is 68.9. The van der Waals surface area contributed by atoms with Gasteiger partial charge in [-0.15, -0.1) is 11.1 Å². The molecular weight excluding hydrogens is 156 g/mol. The summed E-state index contributed by atoms with van der Waals surface area (Å²) in [6.07, 6.45) is 0. The van der Waals surface area contributed by atoms with Gasteiger partial charge in [-0.1, -0.05) is 0 Å². The largest absolute Gasteiger partial charge is 0.448 e. The minimum atomic E-state index is -1.69. The van der Waals surface area contributed by atoms with E-state index in [1.807, 2.05) is 13.1 Å². The second-order valence-corrected chi connectivity index (χ2v) is 11.0. The van der Waals surface area contributed by atoms with E-state index in [-0.39, 0.29) is 0 Å². The second-order valence-electron chi connectivity index (χ2n) is 2.53. The number of hydrogen-bond acceptors (Lipinski definition) is 1. The molecule has 0 atom stereocenters. The van der Waals surface area contributed by atoms with Crippen molar-refractivity contribution in [1.82, 2.24) is 0 Å². The lowest BCUT2D eigenvalue weighted by molar-refractivity contribution is 0.599. The van der Waals surface area contributed by atoms with Crippen LogP contribution in [0.25, 0.3) is 0 Å². The van der Waals surface area contributed by atoms with Crippen molar-refractivity contribution in [2.24, 2.45) is 0 Å². The molecule has 0 aliphatic heterocycles. The Kier molecular flexibility index (Phi) is 3.26. The molecule has 0 N–H and O–H groups in total. The van der Waals surface area contributed by atoms with E-state index in [0.29, 0.717) is 0 Å². The van der Waals surface area contributed by atoms with Crippen molar-refractivity contribution in [3.63, 3.8) is 0 Å². The van der Waals surface area contributed by atoms with E-state index in [2.05, 4.69) is 13.1 Å². The third kappa shape index (κ3) is 6.68. The highest BCUT2D eigenvalue weighted by Crippen LogP contribution is 2.09. The van der Waals surface area contributed by atoms with Crippen LogP contribution in [0.4, 0.5) is 0 Å². The summed E-state index contributed by atoms with van der Waals surface area (Å²) in [6, 6.07) is 0. The molecule has 0 radical (unpaired) electrons. The second kappa shape index (κ2) is 3.01. The molecule has 0 heterocycles. The molecule has 4 heteroatoms. The smallest absolute Gasteiger partial charge is 0.273 e. The van der Waals surface area contributed by atoms with E-state index >= 15 is 0 Å². The van der Waals surface area contributed by atoms with Gasteiger partial charge in [0.15, 0.2) is 9.04 Å². The van der Waals surface area contributed by atoms with E-state index in [1.54, 1.807) is 0 Å². The quantitative estimate of drug-likeness (QED) is 0.453. The van der Waals surface area contributed by atoms with Crippen LogP contribution in [0, 0.1) is 0 Å². The van der Waals surface area contributed by atoms with Crippen molar-refractivity contribution in [3.8, 4) is 0 Å². The molecule has 0 fully saturated rings.